The first-order valence-electron chi connectivity index (χ1n) is 4.99. The molecule has 0 aliphatic rings. The number of rotatable bonds is 3. The molecule has 2 aromatic rings. The van der Waals surface area contributed by atoms with E-state index in [1.165, 1.54) is 13.2 Å². The first-order chi connectivity index (χ1) is 8.24. The van der Waals surface area contributed by atoms with Crippen molar-refractivity contribution in [3.05, 3.63) is 35.9 Å². The number of nitrogens with zero attached hydrogens (tertiary/aromatic N) is 2. The second-order valence-electron chi connectivity index (χ2n) is 3.44. The summed E-state index contributed by atoms with van der Waals surface area (Å²) in [5.74, 6) is 0.342. The summed E-state index contributed by atoms with van der Waals surface area (Å²) in [5, 5.41) is 8.55. The van der Waals surface area contributed by atoms with E-state index in [1.807, 2.05) is 6.07 Å². The fourth-order valence-electron chi connectivity index (χ4n) is 1.49. The van der Waals surface area contributed by atoms with Gasteiger partial charge in [-0.3, -0.25) is 0 Å². The lowest BCUT2D eigenvalue weighted by Gasteiger charge is -2.03. The summed E-state index contributed by atoms with van der Waals surface area (Å²) in [5.41, 5.74) is 1.44. The number of methoxy groups -OCH3 is 1. The van der Waals surface area contributed by atoms with Gasteiger partial charge in [-0.2, -0.15) is 5.26 Å². The SMILES string of the molecule is COc1cc(-c2ncc(CC#N)[nH]2)ccc1F. The highest BCUT2D eigenvalue weighted by Crippen LogP contribution is 2.24. The van der Waals surface area contributed by atoms with Gasteiger partial charge < -0.3 is 9.72 Å². The van der Waals surface area contributed by atoms with Gasteiger partial charge in [0.05, 0.1) is 19.6 Å². The zero-order valence-corrected chi connectivity index (χ0v) is 9.20. The monoisotopic (exact) mass is 231 g/mol. The van der Waals surface area contributed by atoms with Crippen molar-refractivity contribution in [2.45, 2.75) is 6.42 Å². The summed E-state index contributed by atoms with van der Waals surface area (Å²) in [6, 6.07) is 6.51. The summed E-state index contributed by atoms with van der Waals surface area (Å²) in [7, 11) is 1.41. The summed E-state index contributed by atoms with van der Waals surface area (Å²) >= 11 is 0. The largest absolute Gasteiger partial charge is 0.494 e. The van der Waals surface area contributed by atoms with Crippen molar-refractivity contribution in [1.29, 1.82) is 5.26 Å². The van der Waals surface area contributed by atoms with Crippen LogP contribution in [0.4, 0.5) is 4.39 Å². The molecule has 0 amide bonds. The Hall–Kier alpha value is -2.35. The molecule has 0 aliphatic heterocycles. The summed E-state index contributed by atoms with van der Waals surface area (Å²) in [4.78, 5) is 7.11. The van der Waals surface area contributed by atoms with Gasteiger partial charge in [-0.15, -0.1) is 0 Å². The normalized spacial score (nSPS) is 9.94. The Morgan fingerprint density at radius 1 is 1.53 bits per heavy atom. The molecule has 0 fully saturated rings. The van der Waals surface area contributed by atoms with Crippen molar-refractivity contribution in [2.75, 3.05) is 7.11 Å². The predicted molar refractivity (Wildman–Crippen MR) is 59.9 cm³/mol. The lowest BCUT2D eigenvalue weighted by molar-refractivity contribution is 0.387. The molecular weight excluding hydrogens is 221 g/mol. The predicted octanol–water partition coefficient (Wildman–Crippen LogP) is 2.29. The fourth-order valence-corrected chi connectivity index (χ4v) is 1.49. The first kappa shape index (κ1) is 11.1. The second-order valence-corrected chi connectivity index (χ2v) is 3.44. The molecule has 0 aliphatic carbocycles. The van der Waals surface area contributed by atoms with E-state index >= 15 is 0 Å². The molecule has 0 unspecified atom stereocenters. The van der Waals surface area contributed by atoms with E-state index in [4.69, 9.17) is 10.00 Å². The number of nitrogens with one attached hydrogen (secondary N) is 1. The van der Waals surface area contributed by atoms with E-state index in [-0.39, 0.29) is 12.2 Å². The van der Waals surface area contributed by atoms with E-state index in [0.29, 0.717) is 11.4 Å². The quantitative estimate of drug-likeness (QED) is 0.881. The molecule has 1 N–H and O–H groups in total. The molecule has 1 aromatic heterocycles. The standard InChI is InChI=1S/C12H10FN3O/c1-17-11-6-8(2-3-10(11)13)12-15-7-9(16-12)4-5-14/h2-3,6-7H,4H2,1H3,(H,15,16). The molecule has 86 valence electrons. The summed E-state index contributed by atoms with van der Waals surface area (Å²) in [6.45, 7) is 0. The molecule has 0 bridgehead atoms. The van der Waals surface area contributed by atoms with Crippen LogP contribution in [-0.2, 0) is 6.42 Å². The van der Waals surface area contributed by atoms with Crippen LogP contribution in [0.2, 0.25) is 0 Å². The van der Waals surface area contributed by atoms with Gasteiger partial charge in [-0.25, -0.2) is 9.37 Å². The minimum Gasteiger partial charge on any atom is -0.494 e. The first-order valence-corrected chi connectivity index (χ1v) is 4.99. The molecule has 17 heavy (non-hydrogen) atoms. The van der Waals surface area contributed by atoms with Crippen LogP contribution in [-0.4, -0.2) is 17.1 Å². The van der Waals surface area contributed by atoms with Crippen molar-refractivity contribution in [3.63, 3.8) is 0 Å². The maximum absolute atomic E-state index is 13.2. The maximum Gasteiger partial charge on any atom is 0.165 e. The number of benzene rings is 1. The number of nitriles is 1. The van der Waals surface area contributed by atoms with E-state index in [9.17, 15) is 4.39 Å². The minimum absolute atomic E-state index is 0.167. The van der Waals surface area contributed by atoms with E-state index in [0.717, 1.165) is 5.69 Å². The summed E-state index contributed by atoms with van der Waals surface area (Å²) < 4.78 is 18.1. The average molecular weight is 231 g/mol. The van der Waals surface area contributed by atoms with Crippen molar-refractivity contribution in [1.82, 2.24) is 9.97 Å². The molecule has 0 saturated heterocycles. The van der Waals surface area contributed by atoms with Crippen LogP contribution in [0.25, 0.3) is 11.4 Å². The molecule has 4 nitrogen and oxygen atoms in total. The van der Waals surface area contributed by atoms with Gasteiger partial charge >= 0.3 is 0 Å². The second kappa shape index (κ2) is 4.66. The van der Waals surface area contributed by atoms with E-state index < -0.39 is 5.82 Å². The average Bonchev–Trinajstić information content (AvgIpc) is 2.79. The smallest absolute Gasteiger partial charge is 0.165 e. The number of hydrogen-bond donors (Lipinski definition) is 1. The number of aromatic amines is 1. The number of hydrogen-bond acceptors (Lipinski definition) is 3. The van der Waals surface area contributed by atoms with E-state index in [2.05, 4.69) is 9.97 Å². The van der Waals surface area contributed by atoms with Crippen LogP contribution in [0.1, 0.15) is 5.69 Å². The summed E-state index contributed by atoms with van der Waals surface area (Å²) in [6.07, 6.45) is 1.86. The van der Waals surface area contributed by atoms with Crippen molar-refractivity contribution >= 4 is 0 Å². The van der Waals surface area contributed by atoms with Gasteiger partial charge in [0.25, 0.3) is 0 Å². The van der Waals surface area contributed by atoms with Crippen LogP contribution in [0, 0.1) is 17.1 Å². The van der Waals surface area contributed by atoms with Gasteiger partial charge in [-0.05, 0) is 18.2 Å². The molecule has 1 aromatic carbocycles. The van der Waals surface area contributed by atoms with Gasteiger partial charge in [0, 0.05) is 17.5 Å². The number of H-pyrrole nitrogens is 1. The third-order valence-corrected chi connectivity index (χ3v) is 2.32. The van der Waals surface area contributed by atoms with Crippen LogP contribution < -0.4 is 4.74 Å². The molecular formula is C12H10FN3O. The highest BCUT2D eigenvalue weighted by Gasteiger charge is 2.08. The lowest BCUT2D eigenvalue weighted by Crippen LogP contribution is -1.89. The third-order valence-electron chi connectivity index (χ3n) is 2.32. The minimum atomic E-state index is -0.417. The number of aromatic nitrogens is 2. The van der Waals surface area contributed by atoms with Crippen molar-refractivity contribution in [2.24, 2.45) is 0 Å². The van der Waals surface area contributed by atoms with Crippen LogP contribution in [0.5, 0.6) is 5.75 Å². The van der Waals surface area contributed by atoms with Gasteiger partial charge in [0.2, 0.25) is 0 Å². The zero-order valence-electron chi connectivity index (χ0n) is 9.20. The molecule has 0 radical (unpaired) electrons. The molecule has 2 rings (SSSR count). The molecule has 5 heteroatoms. The molecule has 0 spiro atoms. The van der Waals surface area contributed by atoms with Gasteiger partial charge in [0.1, 0.15) is 5.82 Å². The zero-order chi connectivity index (χ0) is 12.3. The van der Waals surface area contributed by atoms with Gasteiger partial charge in [-0.1, -0.05) is 0 Å². The van der Waals surface area contributed by atoms with Crippen LogP contribution >= 0.6 is 0 Å². The maximum atomic E-state index is 13.2. The third kappa shape index (κ3) is 2.26. The Morgan fingerprint density at radius 3 is 3.06 bits per heavy atom. The molecule has 0 atom stereocenters. The van der Waals surface area contributed by atoms with Crippen molar-refractivity contribution < 1.29 is 9.13 Å². The number of ether oxygens (including phenoxy) is 1. The number of halogens is 1. The van der Waals surface area contributed by atoms with E-state index in [1.54, 1.807) is 18.3 Å². The highest BCUT2D eigenvalue weighted by molar-refractivity contribution is 5.58. The highest BCUT2D eigenvalue weighted by atomic mass is 19.1. The Balaban J connectivity index is 2.36. The van der Waals surface area contributed by atoms with Crippen molar-refractivity contribution in [3.8, 4) is 23.2 Å². The lowest BCUT2D eigenvalue weighted by atomic mass is 10.2. The molecule has 0 saturated carbocycles. The fraction of sp³-hybridized carbons (Fsp3) is 0.167. The van der Waals surface area contributed by atoms with Crippen LogP contribution in [0.15, 0.2) is 24.4 Å². The Morgan fingerprint density at radius 2 is 2.35 bits per heavy atom. The Bertz CT molecular complexity index is 571. The Labute approximate surface area is 97.7 Å². The topological polar surface area (TPSA) is 61.7 Å². The Kier molecular flexibility index (Phi) is 3.06. The number of imidazole rings is 1. The van der Waals surface area contributed by atoms with Gasteiger partial charge in [0.15, 0.2) is 11.6 Å². The van der Waals surface area contributed by atoms with Crippen LogP contribution in [0.3, 0.4) is 0 Å². The molecule has 1 heterocycles.